The summed E-state index contributed by atoms with van der Waals surface area (Å²) in [5.41, 5.74) is 4.06. The van der Waals surface area contributed by atoms with Gasteiger partial charge < -0.3 is 4.90 Å². The first kappa shape index (κ1) is 12.9. The average Bonchev–Trinajstić information content (AvgIpc) is 2.47. The van der Waals surface area contributed by atoms with Crippen LogP contribution in [-0.4, -0.2) is 19.1 Å². The molecule has 20 heavy (non-hydrogen) atoms. The van der Waals surface area contributed by atoms with E-state index in [1.165, 1.54) is 5.69 Å². The summed E-state index contributed by atoms with van der Waals surface area (Å²) >= 11 is 6.35. The zero-order chi connectivity index (χ0) is 14.1. The predicted molar refractivity (Wildman–Crippen MR) is 86.5 cm³/mol. The first-order chi connectivity index (χ1) is 9.65. The fourth-order valence-electron chi connectivity index (χ4n) is 2.21. The van der Waals surface area contributed by atoms with Crippen molar-refractivity contribution >= 4 is 28.2 Å². The van der Waals surface area contributed by atoms with Gasteiger partial charge in [-0.3, -0.25) is 0 Å². The normalized spacial score (nSPS) is 10.8. The van der Waals surface area contributed by atoms with Gasteiger partial charge in [-0.15, -0.1) is 0 Å². The molecule has 100 valence electrons. The van der Waals surface area contributed by atoms with Crippen LogP contribution < -0.4 is 4.90 Å². The van der Waals surface area contributed by atoms with E-state index in [2.05, 4.69) is 34.1 Å². The number of halogens is 1. The second-order valence-electron chi connectivity index (χ2n) is 4.95. The number of rotatable bonds is 2. The van der Waals surface area contributed by atoms with Gasteiger partial charge in [0.1, 0.15) is 0 Å². The lowest BCUT2D eigenvalue weighted by Gasteiger charge is -2.12. The van der Waals surface area contributed by atoms with Gasteiger partial charge in [-0.05, 0) is 24.3 Å². The minimum absolute atomic E-state index is 0.738. The Bertz CT molecular complexity index is 749. The highest BCUT2D eigenvalue weighted by Gasteiger charge is 2.06. The molecule has 0 aliphatic carbocycles. The van der Waals surface area contributed by atoms with Crippen molar-refractivity contribution in [2.24, 2.45) is 0 Å². The van der Waals surface area contributed by atoms with E-state index >= 15 is 0 Å². The number of nitrogens with zero attached hydrogens (tertiary/aromatic N) is 2. The molecule has 3 aromatic rings. The Balaban J connectivity index is 2.10. The number of hydrogen-bond donors (Lipinski definition) is 0. The molecule has 2 nitrogen and oxygen atoms in total. The molecule has 0 radical (unpaired) electrons. The Kier molecular flexibility index (Phi) is 3.33. The van der Waals surface area contributed by atoms with Crippen molar-refractivity contribution < 1.29 is 0 Å². The molecule has 3 heteroatoms. The average molecular weight is 283 g/mol. The minimum atomic E-state index is 0.738. The number of pyridine rings is 1. The summed E-state index contributed by atoms with van der Waals surface area (Å²) in [7, 11) is 4.06. The van der Waals surface area contributed by atoms with E-state index < -0.39 is 0 Å². The zero-order valence-corrected chi connectivity index (χ0v) is 12.2. The molecule has 0 aliphatic heterocycles. The molecular formula is C17H15ClN2. The summed E-state index contributed by atoms with van der Waals surface area (Å²) in [6, 6.07) is 18.2. The lowest BCUT2D eigenvalue weighted by molar-refractivity contribution is 1.13. The van der Waals surface area contributed by atoms with Gasteiger partial charge in [0.25, 0.3) is 0 Å². The molecule has 0 N–H and O–H groups in total. The maximum Gasteiger partial charge on any atom is 0.0724 e. The Morgan fingerprint density at radius 3 is 2.35 bits per heavy atom. The van der Waals surface area contributed by atoms with Gasteiger partial charge in [0.15, 0.2) is 0 Å². The van der Waals surface area contributed by atoms with Crippen LogP contribution in [-0.2, 0) is 0 Å². The topological polar surface area (TPSA) is 16.1 Å². The Morgan fingerprint density at radius 1 is 0.950 bits per heavy atom. The van der Waals surface area contributed by atoms with Crippen molar-refractivity contribution in [1.82, 2.24) is 4.98 Å². The van der Waals surface area contributed by atoms with E-state index in [1.807, 2.05) is 44.4 Å². The molecule has 0 aliphatic rings. The number of anilines is 1. The van der Waals surface area contributed by atoms with Gasteiger partial charge in [-0.2, -0.15) is 0 Å². The number of para-hydroxylation sites is 1. The Labute approximate surface area is 123 Å². The first-order valence-corrected chi connectivity index (χ1v) is 6.86. The van der Waals surface area contributed by atoms with E-state index in [4.69, 9.17) is 11.6 Å². The summed E-state index contributed by atoms with van der Waals surface area (Å²) in [5.74, 6) is 0. The fourth-order valence-corrected chi connectivity index (χ4v) is 2.47. The number of fused-ring (bicyclic) bond motifs is 1. The predicted octanol–water partition coefficient (Wildman–Crippen LogP) is 4.62. The number of hydrogen-bond acceptors (Lipinski definition) is 2. The minimum Gasteiger partial charge on any atom is -0.378 e. The van der Waals surface area contributed by atoms with E-state index in [9.17, 15) is 0 Å². The van der Waals surface area contributed by atoms with Crippen molar-refractivity contribution in [2.75, 3.05) is 19.0 Å². The molecule has 0 spiro atoms. The number of aromatic nitrogens is 1. The van der Waals surface area contributed by atoms with Crippen molar-refractivity contribution in [2.45, 2.75) is 0 Å². The molecule has 0 fully saturated rings. The third-order valence-corrected chi connectivity index (χ3v) is 3.66. The van der Waals surface area contributed by atoms with Crippen LogP contribution in [0.2, 0.25) is 5.02 Å². The lowest BCUT2D eigenvalue weighted by atomic mass is 10.1. The lowest BCUT2D eigenvalue weighted by Crippen LogP contribution is -2.07. The highest BCUT2D eigenvalue weighted by molar-refractivity contribution is 6.35. The quantitative estimate of drug-likeness (QED) is 0.682. The Hall–Kier alpha value is -2.06. The van der Waals surface area contributed by atoms with Crippen LogP contribution in [0.1, 0.15) is 0 Å². The van der Waals surface area contributed by atoms with Crippen LogP contribution >= 0.6 is 11.6 Å². The molecule has 0 saturated heterocycles. The van der Waals surface area contributed by atoms with Crippen LogP contribution in [0.15, 0.2) is 54.6 Å². The van der Waals surface area contributed by atoms with Crippen LogP contribution in [0.4, 0.5) is 5.69 Å². The highest BCUT2D eigenvalue weighted by atomic mass is 35.5. The van der Waals surface area contributed by atoms with Gasteiger partial charge in [0, 0.05) is 30.7 Å². The van der Waals surface area contributed by atoms with Crippen molar-refractivity contribution in [3.63, 3.8) is 0 Å². The maximum atomic E-state index is 6.35. The molecule has 0 saturated carbocycles. The van der Waals surface area contributed by atoms with Crippen LogP contribution in [0.5, 0.6) is 0 Å². The smallest absolute Gasteiger partial charge is 0.0724 e. The first-order valence-electron chi connectivity index (χ1n) is 6.48. The van der Waals surface area contributed by atoms with Crippen molar-refractivity contribution in [3.05, 3.63) is 59.6 Å². The van der Waals surface area contributed by atoms with E-state index in [-0.39, 0.29) is 0 Å². The van der Waals surface area contributed by atoms with Crippen LogP contribution in [0.25, 0.3) is 22.2 Å². The van der Waals surface area contributed by atoms with E-state index in [0.29, 0.717) is 0 Å². The largest absolute Gasteiger partial charge is 0.378 e. The van der Waals surface area contributed by atoms with Gasteiger partial charge >= 0.3 is 0 Å². The van der Waals surface area contributed by atoms with E-state index in [1.54, 1.807) is 0 Å². The van der Waals surface area contributed by atoms with Gasteiger partial charge in [-0.25, -0.2) is 4.98 Å². The monoisotopic (exact) mass is 282 g/mol. The molecule has 1 aromatic heterocycles. The molecule has 1 heterocycles. The third-order valence-electron chi connectivity index (χ3n) is 3.35. The van der Waals surface area contributed by atoms with Gasteiger partial charge in [0.05, 0.1) is 16.2 Å². The summed E-state index contributed by atoms with van der Waals surface area (Å²) < 4.78 is 0. The third kappa shape index (κ3) is 2.35. The molecule has 0 unspecified atom stereocenters. The molecule has 2 aromatic carbocycles. The summed E-state index contributed by atoms with van der Waals surface area (Å²) in [5, 5.41) is 1.73. The zero-order valence-electron chi connectivity index (χ0n) is 11.5. The van der Waals surface area contributed by atoms with Gasteiger partial charge in [-0.1, -0.05) is 41.9 Å². The second-order valence-corrected chi connectivity index (χ2v) is 5.35. The molecule has 0 bridgehead atoms. The van der Waals surface area contributed by atoms with Gasteiger partial charge in [0.2, 0.25) is 0 Å². The summed E-state index contributed by atoms with van der Waals surface area (Å²) in [6.45, 7) is 0. The maximum absolute atomic E-state index is 6.35. The van der Waals surface area contributed by atoms with Crippen LogP contribution in [0.3, 0.4) is 0 Å². The van der Waals surface area contributed by atoms with Crippen LogP contribution in [0, 0.1) is 0 Å². The second kappa shape index (κ2) is 5.14. The molecular weight excluding hydrogens is 268 g/mol. The molecule has 0 atom stereocenters. The summed E-state index contributed by atoms with van der Waals surface area (Å²) in [6.07, 6.45) is 0. The number of benzene rings is 2. The molecule has 0 amide bonds. The van der Waals surface area contributed by atoms with Crippen molar-refractivity contribution in [3.8, 4) is 11.3 Å². The standard InChI is InChI=1S/C17H15ClN2/c1-20(2)13-9-7-12(8-10-13)17-11-15(18)14-5-3-4-6-16(14)19-17/h3-11H,1-2H3. The van der Waals surface area contributed by atoms with Crippen molar-refractivity contribution in [1.29, 1.82) is 0 Å². The SMILES string of the molecule is CN(C)c1ccc(-c2cc(Cl)c3ccccc3n2)cc1. The Morgan fingerprint density at radius 2 is 1.65 bits per heavy atom. The fraction of sp³-hybridized carbons (Fsp3) is 0.118. The summed E-state index contributed by atoms with van der Waals surface area (Å²) in [4.78, 5) is 6.76. The molecule has 3 rings (SSSR count). The highest BCUT2D eigenvalue weighted by Crippen LogP contribution is 2.28. The van der Waals surface area contributed by atoms with E-state index in [0.717, 1.165) is 27.2 Å².